The molecule has 0 radical (unpaired) electrons. The summed E-state index contributed by atoms with van der Waals surface area (Å²) in [6.07, 6.45) is 6.99. The Hall–Kier alpha value is 0.530. The first-order valence-electron chi connectivity index (χ1n) is 3.41. The lowest BCUT2D eigenvalue weighted by molar-refractivity contribution is 0.595. The average molecular weight is 164 g/mol. The first kappa shape index (κ1) is 9.53. The summed E-state index contributed by atoms with van der Waals surface area (Å²) in [4.78, 5) is 0. The highest BCUT2D eigenvalue weighted by molar-refractivity contribution is 7.23. The van der Waals surface area contributed by atoms with E-state index in [2.05, 4.69) is 9.24 Å². The van der Waals surface area contributed by atoms with Crippen molar-refractivity contribution in [3.8, 4) is 0 Å². The van der Waals surface area contributed by atoms with Gasteiger partial charge in [-0.3, -0.25) is 4.57 Å². The van der Waals surface area contributed by atoms with Crippen molar-refractivity contribution in [2.24, 2.45) is 0 Å². The molecule has 0 aliphatic heterocycles. The number of unbranched alkanes of at least 4 members (excludes halogenated alkanes) is 3. The molecule has 0 spiro atoms. The second-order valence-corrected chi connectivity index (χ2v) is 3.34. The zero-order valence-corrected chi connectivity index (χ0v) is 7.72. The molecule has 3 heteroatoms. The Kier molecular flexibility index (Phi) is 9.03. The number of hydrogen-bond acceptors (Lipinski definition) is 1. The molecule has 0 saturated carbocycles. The monoisotopic (exact) mass is 164 g/mol. The fourth-order valence-corrected chi connectivity index (χ4v) is 1.32. The lowest BCUT2D eigenvalue weighted by atomic mass is 10.2. The summed E-state index contributed by atoms with van der Waals surface area (Å²) in [6.45, 7) is 0. The molecule has 1 atom stereocenters. The Labute approximate surface area is 61.0 Å². The van der Waals surface area contributed by atoms with Crippen molar-refractivity contribution < 1.29 is 4.57 Å². The van der Waals surface area contributed by atoms with Gasteiger partial charge in [0.2, 0.25) is 0 Å². The molecule has 1 unspecified atom stereocenters. The third-order valence-electron chi connectivity index (χ3n) is 1.20. The third-order valence-corrected chi connectivity index (χ3v) is 2.11. The van der Waals surface area contributed by atoms with Crippen LogP contribution in [-0.4, -0.2) is 12.3 Å². The van der Waals surface area contributed by atoms with Gasteiger partial charge in [0.15, 0.2) is 8.46 Å². The molecule has 0 amide bonds. The first-order chi connectivity index (χ1) is 4.41. The minimum Gasteiger partial charge on any atom is -0.275 e. The molecular weight excluding hydrogens is 150 g/mol. The Bertz CT molecular complexity index is 66.1. The minimum atomic E-state index is 0.309. The summed E-state index contributed by atoms with van der Waals surface area (Å²) >= 11 is 0. The zero-order chi connectivity index (χ0) is 6.95. The largest absolute Gasteiger partial charge is 0.275 e. The van der Waals surface area contributed by atoms with E-state index >= 15 is 0 Å². The van der Waals surface area contributed by atoms with Crippen LogP contribution in [0.25, 0.3) is 0 Å². The maximum Gasteiger partial charge on any atom is 0.155 e. The highest BCUT2D eigenvalue weighted by Gasteiger charge is 1.86. The second-order valence-electron chi connectivity index (χ2n) is 2.06. The highest BCUT2D eigenvalue weighted by Crippen LogP contribution is 2.05. The van der Waals surface area contributed by atoms with Crippen LogP contribution in [0.4, 0.5) is 0 Å². The first-order valence-corrected chi connectivity index (χ1v) is 5.22. The van der Waals surface area contributed by atoms with Crippen molar-refractivity contribution in [2.45, 2.75) is 25.7 Å². The van der Waals surface area contributed by atoms with Gasteiger partial charge >= 0.3 is 0 Å². The number of hydrogen-bond donors (Lipinski definition) is 0. The van der Waals surface area contributed by atoms with Gasteiger partial charge in [-0.1, -0.05) is 12.8 Å². The van der Waals surface area contributed by atoms with Crippen molar-refractivity contribution in [3.05, 3.63) is 0 Å². The summed E-state index contributed by atoms with van der Waals surface area (Å²) < 4.78 is 9.93. The van der Waals surface area contributed by atoms with Gasteiger partial charge in [0.05, 0.1) is 0 Å². The van der Waals surface area contributed by atoms with E-state index in [1.165, 1.54) is 25.4 Å². The van der Waals surface area contributed by atoms with E-state index in [0.29, 0.717) is 8.46 Å². The molecule has 1 nitrogen and oxygen atoms in total. The molecule has 0 aromatic carbocycles. The predicted molar refractivity (Wildman–Crippen MR) is 45.5 cm³/mol. The van der Waals surface area contributed by atoms with Crippen LogP contribution in [-0.2, 0) is 4.57 Å². The van der Waals surface area contributed by atoms with Gasteiger partial charge in [-0.15, -0.1) is 9.24 Å². The van der Waals surface area contributed by atoms with Crippen molar-refractivity contribution in [3.63, 3.8) is 0 Å². The van der Waals surface area contributed by atoms with Gasteiger partial charge in [-0.2, -0.15) is 0 Å². The zero-order valence-electron chi connectivity index (χ0n) is 5.68. The molecule has 0 aromatic rings. The summed E-state index contributed by atoms with van der Waals surface area (Å²) in [5.74, 6) is 0. The Morgan fingerprint density at radius 3 is 2.33 bits per heavy atom. The Balaban J connectivity index is 2.66. The van der Waals surface area contributed by atoms with Gasteiger partial charge in [-0.05, 0) is 19.0 Å². The van der Waals surface area contributed by atoms with Crippen LogP contribution in [0.2, 0.25) is 0 Å². The van der Waals surface area contributed by atoms with Crippen LogP contribution in [0.5, 0.6) is 0 Å². The van der Waals surface area contributed by atoms with Gasteiger partial charge < -0.3 is 0 Å². The Morgan fingerprint density at radius 1 is 1.11 bits per heavy atom. The van der Waals surface area contributed by atoms with Crippen molar-refractivity contribution >= 4 is 17.7 Å². The highest BCUT2D eigenvalue weighted by atomic mass is 31.1. The molecule has 0 saturated heterocycles. The van der Waals surface area contributed by atoms with E-state index in [0.717, 1.165) is 12.6 Å². The maximum absolute atomic E-state index is 9.93. The molecule has 0 fully saturated rings. The van der Waals surface area contributed by atoms with Crippen LogP contribution in [0.15, 0.2) is 0 Å². The molecule has 0 bridgehead atoms. The molecule has 0 aliphatic carbocycles. The topological polar surface area (TPSA) is 17.1 Å². The summed E-state index contributed by atoms with van der Waals surface area (Å²) in [6, 6.07) is 0. The van der Waals surface area contributed by atoms with Crippen LogP contribution in [0.1, 0.15) is 25.7 Å². The van der Waals surface area contributed by atoms with E-state index in [1.54, 1.807) is 0 Å². The van der Waals surface area contributed by atoms with Crippen LogP contribution >= 0.6 is 17.7 Å². The van der Waals surface area contributed by atoms with E-state index in [4.69, 9.17) is 0 Å². The van der Waals surface area contributed by atoms with E-state index < -0.39 is 0 Å². The van der Waals surface area contributed by atoms with Gasteiger partial charge in [0.25, 0.3) is 0 Å². The fraction of sp³-hybridized carbons (Fsp3) is 1.00. The molecular formula is C6H14OP2. The fourth-order valence-electron chi connectivity index (χ4n) is 0.674. The average Bonchev–Trinajstić information content (AvgIpc) is 1.89. The molecule has 9 heavy (non-hydrogen) atoms. The predicted octanol–water partition coefficient (Wildman–Crippen LogP) is 2.71. The molecule has 0 rings (SSSR count). The third kappa shape index (κ3) is 8.53. The quantitative estimate of drug-likeness (QED) is 0.435. The molecule has 0 N–H and O–H groups in total. The SMILES string of the molecule is O=PCCCCCCP. The lowest BCUT2D eigenvalue weighted by Crippen LogP contribution is -1.78. The van der Waals surface area contributed by atoms with E-state index in [-0.39, 0.29) is 0 Å². The van der Waals surface area contributed by atoms with E-state index in [9.17, 15) is 4.57 Å². The normalized spacial score (nSPS) is 10.3. The summed E-state index contributed by atoms with van der Waals surface area (Å²) in [7, 11) is 3.02. The van der Waals surface area contributed by atoms with Gasteiger partial charge in [0, 0.05) is 6.16 Å². The summed E-state index contributed by atoms with van der Waals surface area (Å²) in [5.41, 5.74) is 0. The standard InChI is InChI=1S/C6H14OP2/c7-9-6-4-2-1-3-5-8/h1-6,8H2. The van der Waals surface area contributed by atoms with E-state index in [1.807, 2.05) is 0 Å². The molecule has 0 heterocycles. The van der Waals surface area contributed by atoms with Crippen molar-refractivity contribution in [1.82, 2.24) is 0 Å². The van der Waals surface area contributed by atoms with Crippen molar-refractivity contribution in [2.75, 3.05) is 12.3 Å². The number of rotatable bonds is 6. The Morgan fingerprint density at radius 2 is 1.78 bits per heavy atom. The minimum absolute atomic E-state index is 0.309. The maximum atomic E-state index is 9.93. The van der Waals surface area contributed by atoms with Crippen molar-refractivity contribution in [1.29, 1.82) is 0 Å². The lowest BCUT2D eigenvalue weighted by Gasteiger charge is -1.93. The molecule has 54 valence electrons. The van der Waals surface area contributed by atoms with Crippen LogP contribution in [0, 0.1) is 0 Å². The van der Waals surface area contributed by atoms with Gasteiger partial charge in [-0.25, -0.2) is 0 Å². The molecule has 0 aliphatic rings. The smallest absolute Gasteiger partial charge is 0.155 e. The molecule has 0 aromatic heterocycles. The second kappa shape index (κ2) is 8.53. The van der Waals surface area contributed by atoms with Crippen LogP contribution in [0.3, 0.4) is 0 Å². The van der Waals surface area contributed by atoms with Crippen LogP contribution < -0.4 is 0 Å². The van der Waals surface area contributed by atoms with Gasteiger partial charge in [0.1, 0.15) is 0 Å². The summed E-state index contributed by atoms with van der Waals surface area (Å²) in [5, 5.41) is 0.